The first kappa shape index (κ1) is 16.4. The van der Waals surface area contributed by atoms with Gasteiger partial charge in [-0.25, -0.2) is 0 Å². The average molecular weight is 318 g/mol. The molecule has 0 heterocycles. The largest absolute Gasteiger partial charge is 0.508 e. The summed E-state index contributed by atoms with van der Waals surface area (Å²) in [6.45, 7) is 0. The average Bonchev–Trinajstić information content (AvgIpc) is 2.55. The van der Waals surface area contributed by atoms with E-state index in [-0.39, 0.29) is 34.5 Å². The summed E-state index contributed by atoms with van der Waals surface area (Å²) in [5.74, 6) is -0.368. The molecule has 2 aromatic carbocycles. The Bertz CT molecular complexity index is 688. The first-order chi connectivity index (χ1) is 11.0. The summed E-state index contributed by atoms with van der Waals surface area (Å²) in [6, 6.07) is 6.54. The Balaban J connectivity index is 2.58. The molecule has 3 N–H and O–H groups in total. The first-order valence-electron chi connectivity index (χ1n) is 6.74. The Hall–Kier alpha value is -3.02. The van der Waals surface area contributed by atoms with E-state index in [0.29, 0.717) is 5.56 Å². The van der Waals surface area contributed by atoms with Crippen molar-refractivity contribution >= 4 is 12.2 Å². The molecule has 0 saturated heterocycles. The maximum atomic E-state index is 10.2. The van der Waals surface area contributed by atoms with Crippen LogP contribution in [0, 0.1) is 0 Å². The summed E-state index contributed by atoms with van der Waals surface area (Å²) in [7, 11) is 4.10. The summed E-state index contributed by atoms with van der Waals surface area (Å²) in [4.78, 5) is 0. The van der Waals surface area contributed by atoms with Crippen LogP contribution in [0.4, 0.5) is 0 Å². The third kappa shape index (κ3) is 3.11. The molecule has 0 radical (unpaired) electrons. The molecule has 0 spiro atoms. The van der Waals surface area contributed by atoms with Crippen molar-refractivity contribution in [2.45, 2.75) is 0 Å². The Morgan fingerprint density at radius 3 is 1.61 bits per heavy atom. The third-order valence-corrected chi connectivity index (χ3v) is 3.30. The number of methoxy groups -OCH3 is 3. The van der Waals surface area contributed by atoms with Crippen LogP contribution >= 0.6 is 0 Å². The topological polar surface area (TPSA) is 88.4 Å². The van der Waals surface area contributed by atoms with Gasteiger partial charge in [0.1, 0.15) is 5.75 Å². The predicted molar refractivity (Wildman–Crippen MR) is 86.5 cm³/mol. The van der Waals surface area contributed by atoms with Gasteiger partial charge in [0.25, 0.3) is 0 Å². The molecule has 6 heteroatoms. The number of phenolic OH excluding ortho intramolecular Hbond substituents is 3. The highest BCUT2D eigenvalue weighted by atomic mass is 16.5. The molecule has 0 unspecified atom stereocenters. The minimum Gasteiger partial charge on any atom is -0.508 e. The maximum absolute atomic E-state index is 10.2. The van der Waals surface area contributed by atoms with E-state index in [1.54, 1.807) is 36.4 Å². The molecule has 0 bridgehead atoms. The van der Waals surface area contributed by atoms with Gasteiger partial charge in [-0.1, -0.05) is 18.2 Å². The van der Waals surface area contributed by atoms with Crippen molar-refractivity contribution < 1.29 is 29.5 Å². The minimum atomic E-state index is -0.321. The molecule has 0 atom stereocenters. The number of aromatic hydroxyl groups is 3. The van der Waals surface area contributed by atoms with E-state index >= 15 is 0 Å². The van der Waals surface area contributed by atoms with Gasteiger partial charge in [0.2, 0.25) is 17.2 Å². The lowest BCUT2D eigenvalue weighted by Crippen LogP contribution is -1.97. The molecule has 0 amide bonds. The van der Waals surface area contributed by atoms with Gasteiger partial charge >= 0.3 is 0 Å². The van der Waals surface area contributed by atoms with Gasteiger partial charge in [-0.15, -0.1) is 0 Å². The summed E-state index contributed by atoms with van der Waals surface area (Å²) >= 11 is 0. The van der Waals surface area contributed by atoms with Crippen molar-refractivity contribution in [1.29, 1.82) is 0 Å². The monoisotopic (exact) mass is 318 g/mol. The summed E-state index contributed by atoms with van der Waals surface area (Å²) in [5, 5.41) is 29.6. The van der Waals surface area contributed by atoms with Crippen LogP contribution in [-0.2, 0) is 0 Å². The van der Waals surface area contributed by atoms with Gasteiger partial charge in [-0.05, 0) is 23.8 Å². The molecule has 23 heavy (non-hydrogen) atoms. The highest BCUT2D eigenvalue weighted by Crippen LogP contribution is 2.52. The molecule has 2 aromatic rings. The fourth-order valence-electron chi connectivity index (χ4n) is 2.20. The van der Waals surface area contributed by atoms with Crippen LogP contribution in [0.1, 0.15) is 11.1 Å². The van der Waals surface area contributed by atoms with Crippen molar-refractivity contribution in [3.8, 4) is 34.5 Å². The quantitative estimate of drug-likeness (QED) is 0.735. The Labute approximate surface area is 133 Å². The van der Waals surface area contributed by atoms with Crippen LogP contribution in [0.5, 0.6) is 34.5 Å². The van der Waals surface area contributed by atoms with Crippen LogP contribution in [-0.4, -0.2) is 36.6 Å². The number of hydrogen-bond acceptors (Lipinski definition) is 6. The maximum Gasteiger partial charge on any atom is 0.210 e. The third-order valence-electron chi connectivity index (χ3n) is 3.30. The fourth-order valence-corrected chi connectivity index (χ4v) is 2.20. The number of ether oxygens (including phenoxy) is 3. The normalized spacial score (nSPS) is 10.7. The minimum absolute atomic E-state index is 0.117. The lowest BCUT2D eigenvalue weighted by molar-refractivity contribution is 0.304. The molecule has 6 nitrogen and oxygen atoms in total. The van der Waals surface area contributed by atoms with Crippen molar-refractivity contribution in [2.24, 2.45) is 0 Å². The van der Waals surface area contributed by atoms with Gasteiger partial charge < -0.3 is 29.5 Å². The van der Waals surface area contributed by atoms with E-state index in [1.165, 1.54) is 21.3 Å². The smallest absolute Gasteiger partial charge is 0.210 e. The molecule has 0 aliphatic rings. The zero-order valence-electron chi connectivity index (χ0n) is 13.0. The molecule has 0 saturated carbocycles. The van der Waals surface area contributed by atoms with E-state index < -0.39 is 0 Å². The summed E-state index contributed by atoms with van der Waals surface area (Å²) in [5.41, 5.74) is 1.17. The van der Waals surface area contributed by atoms with Crippen LogP contribution < -0.4 is 14.2 Å². The molecule has 0 aromatic heterocycles. The van der Waals surface area contributed by atoms with E-state index in [2.05, 4.69) is 0 Å². The second kappa shape index (κ2) is 6.83. The van der Waals surface area contributed by atoms with Gasteiger partial charge in [-0.2, -0.15) is 0 Å². The lowest BCUT2D eigenvalue weighted by Gasteiger charge is -2.17. The highest BCUT2D eigenvalue weighted by Gasteiger charge is 2.24. The van der Waals surface area contributed by atoms with Crippen molar-refractivity contribution in [3.05, 3.63) is 35.4 Å². The van der Waals surface area contributed by atoms with Crippen molar-refractivity contribution in [3.63, 3.8) is 0 Å². The zero-order chi connectivity index (χ0) is 17.0. The lowest BCUT2D eigenvalue weighted by atomic mass is 10.1. The molecular weight excluding hydrogens is 300 g/mol. The fraction of sp³-hybridized carbons (Fsp3) is 0.176. The Morgan fingerprint density at radius 2 is 1.17 bits per heavy atom. The van der Waals surface area contributed by atoms with E-state index in [0.717, 1.165) is 5.56 Å². The molecule has 122 valence electrons. The standard InChI is InChI=1S/C17H18O6/c1-21-15-12(9-6-10-4-7-11(18)8-5-10)16(22-2)14(20)17(23-3)13(15)19/h4-9,18-20H,1-3H3/b9-6+. The number of hydrogen-bond donors (Lipinski definition) is 3. The summed E-state index contributed by atoms with van der Waals surface area (Å²) in [6.07, 6.45) is 3.36. The molecule has 0 aliphatic heterocycles. The second-order valence-electron chi connectivity index (χ2n) is 4.64. The number of phenols is 3. The van der Waals surface area contributed by atoms with Gasteiger partial charge in [0, 0.05) is 0 Å². The van der Waals surface area contributed by atoms with Crippen LogP contribution in [0.25, 0.3) is 12.2 Å². The van der Waals surface area contributed by atoms with Crippen molar-refractivity contribution in [2.75, 3.05) is 21.3 Å². The predicted octanol–water partition coefficient (Wildman–Crippen LogP) is 3.00. The van der Waals surface area contributed by atoms with E-state index in [9.17, 15) is 15.3 Å². The van der Waals surface area contributed by atoms with Crippen molar-refractivity contribution in [1.82, 2.24) is 0 Å². The first-order valence-corrected chi connectivity index (χ1v) is 6.74. The summed E-state index contributed by atoms with van der Waals surface area (Å²) < 4.78 is 15.4. The van der Waals surface area contributed by atoms with E-state index in [4.69, 9.17) is 14.2 Å². The van der Waals surface area contributed by atoms with Crippen LogP contribution in [0.3, 0.4) is 0 Å². The number of rotatable bonds is 5. The van der Waals surface area contributed by atoms with Gasteiger partial charge in [0.05, 0.1) is 26.9 Å². The second-order valence-corrected chi connectivity index (χ2v) is 4.64. The number of benzene rings is 2. The molecule has 2 rings (SSSR count). The highest BCUT2D eigenvalue weighted by molar-refractivity contribution is 5.82. The van der Waals surface area contributed by atoms with E-state index in [1.807, 2.05) is 0 Å². The van der Waals surface area contributed by atoms with Crippen LogP contribution in [0.2, 0.25) is 0 Å². The van der Waals surface area contributed by atoms with Crippen LogP contribution in [0.15, 0.2) is 24.3 Å². The van der Waals surface area contributed by atoms with Gasteiger partial charge in [-0.3, -0.25) is 0 Å². The SMILES string of the molecule is COc1c(O)c(OC)c(/C=C/c2ccc(O)cc2)c(OC)c1O. The Morgan fingerprint density at radius 1 is 0.696 bits per heavy atom. The van der Waals surface area contributed by atoms with Gasteiger partial charge in [0.15, 0.2) is 11.5 Å². The Kier molecular flexibility index (Phi) is 4.85. The molecule has 0 aliphatic carbocycles. The molecule has 0 fully saturated rings. The molecular formula is C17H18O6. The zero-order valence-corrected chi connectivity index (χ0v) is 13.0.